The maximum absolute atomic E-state index is 12.3. The highest BCUT2D eigenvalue weighted by molar-refractivity contribution is 5.80. The van der Waals surface area contributed by atoms with E-state index in [1.54, 1.807) is 4.90 Å². The van der Waals surface area contributed by atoms with Gasteiger partial charge in [-0.1, -0.05) is 0 Å². The summed E-state index contributed by atoms with van der Waals surface area (Å²) >= 11 is 0. The summed E-state index contributed by atoms with van der Waals surface area (Å²) in [6.45, 7) is 1.47. The second-order valence-electron chi connectivity index (χ2n) is 7.84. The Balaban J connectivity index is 1.58. The maximum Gasteiger partial charge on any atom is 0.329 e. The predicted molar refractivity (Wildman–Crippen MR) is 107 cm³/mol. The average Bonchev–Trinajstić information content (AvgIpc) is 2.71. The summed E-state index contributed by atoms with van der Waals surface area (Å²) in [6.07, 6.45) is 5.99. The SMILES string of the molecule is NC1CCC(CNc2nc(NCC(=O)N3CCC[C@H](O)C3)ncc2[N+](=O)[O-])CC1. The number of carbonyl (C=O) groups excluding carboxylic acids is 1. The number of hydrogen-bond donors (Lipinski definition) is 4. The molecule has 1 aliphatic heterocycles. The molecule has 11 heteroatoms. The van der Waals surface area contributed by atoms with E-state index in [-0.39, 0.29) is 35.9 Å². The molecule has 1 aromatic heterocycles. The van der Waals surface area contributed by atoms with Gasteiger partial charge in [0.25, 0.3) is 0 Å². The van der Waals surface area contributed by atoms with E-state index in [1.807, 2.05) is 0 Å². The Morgan fingerprint density at radius 3 is 2.76 bits per heavy atom. The van der Waals surface area contributed by atoms with E-state index in [9.17, 15) is 20.0 Å². The summed E-state index contributed by atoms with van der Waals surface area (Å²) in [5, 5.41) is 26.9. The van der Waals surface area contributed by atoms with Gasteiger partial charge in [0.15, 0.2) is 0 Å². The minimum Gasteiger partial charge on any atom is -0.391 e. The number of hydrogen-bond acceptors (Lipinski definition) is 9. The average molecular weight is 407 g/mol. The molecule has 160 valence electrons. The molecule has 2 heterocycles. The van der Waals surface area contributed by atoms with Gasteiger partial charge in [0.05, 0.1) is 17.6 Å². The predicted octanol–water partition coefficient (Wildman–Crippen LogP) is 0.709. The van der Waals surface area contributed by atoms with Gasteiger partial charge in [0.1, 0.15) is 6.20 Å². The van der Waals surface area contributed by atoms with Crippen molar-refractivity contribution in [1.29, 1.82) is 0 Å². The monoisotopic (exact) mass is 407 g/mol. The molecule has 0 aromatic carbocycles. The molecule has 3 rings (SSSR count). The normalized spacial score (nSPS) is 24.8. The molecule has 29 heavy (non-hydrogen) atoms. The van der Waals surface area contributed by atoms with Crippen LogP contribution in [0.1, 0.15) is 38.5 Å². The molecule has 1 saturated heterocycles. The first-order valence-electron chi connectivity index (χ1n) is 10.1. The molecule has 0 spiro atoms. The number of nitro groups is 1. The largest absolute Gasteiger partial charge is 0.391 e. The van der Waals surface area contributed by atoms with Crippen molar-refractivity contribution in [2.45, 2.75) is 50.7 Å². The van der Waals surface area contributed by atoms with Crippen molar-refractivity contribution in [2.24, 2.45) is 11.7 Å². The molecule has 1 saturated carbocycles. The highest BCUT2D eigenvalue weighted by Crippen LogP contribution is 2.26. The van der Waals surface area contributed by atoms with Crippen molar-refractivity contribution < 1.29 is 14.8 Å². The van der Waals surface area contributed by atoms with Crippen LogP contribution in [0.3, 0.4) is 0 Å². The molecule has 1 amide bonds. The van der Waals surface area contributed by atoms with E-state index in [0.29, 0.717) is 32.0 Å². The van der Waals surface area contributed by atoms with E-state index in [4.69, 9.17) is 5.73 Å². The Kier molecular flexibility index (Phi) is 7.15. The minimum atomic E-state index is -0.525. The van der Waals surface area contributed by atoms with E-state index in [2.05, 4.69) is 20.6 Å². The van der Waals surface area contributed by atoms with Crippen LogP contribution in [-0.4, -0.2) is 69.1 Å². The molecule has 5 N–H and O–H groups in total. The van der Waals surface area contributed by atoms with Gasteiger partial charge in [-0.25, -0.2) is 4.98 Å². The Labute approximate surface area is 169 Å². The number of amides is 1. The lowest BCUT2D eigenvalue weighted by atomic mass is 9.86. The fraction of sp³-hybridized carbons (Fsp3) is 0.722. The fourth-order valence-corrected chi connectivity index (χ4v) is 3.81. The highest BCUT2D eigenvalue weighted by Gasteiger charge is 2.24. The number of aliphatic hydroxyl groups excluding tert-OH is 1. The molecule has 0 unspecified atom stereocenters. The third-order valence-electron chi connectivity index (χ3n) is 5.56. The van der Waals surface area contributed by atoms with Crippen molar-refractivity contribution in [1.82, 2.24) is 14.9 Å². The Hall–Kier alpha value is -2.53. The summed E-state index contributed by atoms with van der Waals surface area (Å²) in [5.41, 5.74) is 5.72. The number of piperidine rings is 1. The lowest BCUT2D eigenvalue weighted by Crippen LogP contribution is -2.44. The van der Waals surface area contributed by atoms with Crippen molar-refractivity contribution in [3.63, 3.8) is 0 Å². The first-order valence-corrected chi connectivity index (χ1v) is 10.1. The lowest BCUT2D eigenvalue weighted by Gasteiger charge is -2.30. The number of nitrogens with one attached hydrogen (secondary N) is 2. The Morgan fingerprint density at radius 2 is 2.07 bits per heavy atom. The van der Waals surface area contributed by atoms with E-state index >= 15 is 0 Å². The van der Waals surface area contributed by atoms with Crippen LogP contribution in [0.2, 0.25) is 0 Å². The van der Waals surface area contributed by atoms with Gasteiger partial charge in [-0.15, -0.1) is 0 Å². The number of aromatic nitrogens is 2. The zero-order chi connectivity index (χ0) is 20.8. The van der Waals surface area contributed by atoms with Crippen LogP contribution in [0.15, 0.2) is 6.20 Å². The number of likely N-dealkylation sites (tertiary alicyclic amines) is 1. The summed E-state index contributed by atoms with van der Waals surface area (Å²) in [5.74, 6) is 0.518. The quantitative estimate of drug-likeness (QED) is 0.377. The zero-order valence-electron chi connectivity index (χ0n) is 16.4. The molecule has 11 nitrogen and oxygen atoms in total. The van der Waals surface area contributed by atoms with E-state index < -0.39 is 11.0 Å². The number of nitrogens with two attached hydrogens (primary N) is 1. The fourth-order valence-electron chi connectivity index (χ4n) is 3.81. The van der Waals surface area contributed by atoms with Crippen LogP contribution < -0.4 is 16.4 Å². The van der Waals surface area contributed by atoms with Crippen molar-refractivity contribution >= 4 is 23.4 Å². The third-order valence-corrected chi connectivity index (χ3v) is 5.56. The standard InChI is InChI=1S/C18H29N7O4/c19-13-5-3-12(4-6-13)8-20-17-15(25(28)29)9-21-18(23-17)22-10-16(27)24-7-1-2-14(26)11-24/h9,12-14,26H,1-8,10-11,19H2,(H2,20,21,22,23)/t12?,13?,14-/m0/s1. The number of anilines is 2. The summed E-state index contributed by atoms with van der Waals surface area (Å²) < 4.78 is 0. The molecule has 1 aliphatic carbocycles. The van der Waals surface area contributed by atoms with Crippen LogP contribution in [0, 0.1) is 16.0 Å². The van der Waals surface area contributed by atoms with E-state index in [0.717, 1.165) is 38.3 Å². The Bertz CT molecular complexity index is 724. The zero-order valence-corrected chi connectivity index (χ0v) is 16.4. The molecule has 0 bridgehead atoms. The molecule has 0 radical (unpaired) electrons. The molecular formula is C18H29N7O4. The number of nitrogens with zero attached hydrogens (tertiary/aromatic N) is 4. The van der Waals surface area contributed by atoms with Crippen molar-refractivity contribution in [2.75, 3.05) is 36.8 Å². The first-order chi connectivity index (χ1) is 13.9. The smallest absolute Gasteiger partial charge is 0.329 e. The summed E-state index contributed by atoms with van der Waals surface area (Å²) in [6, 6.07) is 0.244. The first kappa shape index (κ1) is 21.2. The Morgan fingerprint density at radius 1 is 1.31 bits per heavy atom. The number of rotatable bonds is 7. The van der Waals surface area contributed by atoms with Crippen LogP contribution in [-0.2, 0) is 4.79 Å². The highest BCUT2D eigenvalue weighted by atomic mass is 16.6. The van der Waals surface area contributed by atoms with Gasteiger partial charge in [0.2, 0.25) is 17.7 Å². The second kappa shape index (κ2) is 9.79. The van der Waals surface area contributed by atoms with Gasteiger partial charge in [0, 0.05) is 25.7 Å². The van der Waals surface area contributed by atoms with Gasteiger partial charge < -0.3 is 26.4 Å². The number of β-amino-alcohol motifs (C(OH)–C–C–N with tert-alkyl or cyclic N) is 1. The molecule has 2 fully saturated rings. The van der Waals surface area contributed by atoms with Gasteiger partial charge in [-0.2, -0.15) is 4.98 Å². The van der Waals surface area contributed by atoms with Gasteiger partial charge in [-0.3, -0.25) is 14.9 Å². The maximum atomic E-state index is 12.3. The van der Waals surface area contributed by atoms with Gasteiger partial charge in [-0.05, 0) is 44.4 Å². The van der Waals surface area contributed by atoms with Gasteiger partial charge >= 0.3 is 5.69 Å². The van der Waals surface area contributed by atoms with Crippen molar-refractivity contribution in [3.8, 4) is 0 Å². The minimum absolute atomic E-state index is 0.0372. The van der Waals surface area contributed by atoms with Crippen LogP contribution in [0.5, 0.6) is 0 Å². The number of aliphatic hydroxyl groups is 1. The molecular weight excluding hydrogens is 378 g/mol. The van der Waals surface area contributed by atoms with Crippen molar-refractivity contribution in [3.05, 3.63) is 16.3 Å². The summed E-state index contributed by atoms with van der Waals surface area (Å²) in [7, 11) is 0. The molecule has 2 aliphatic rings. The topological polar surface area (TPSA) is 160 Å². The lowest BCUT2D eigenvalue weighted by molar-refractivity contribution is -0.384. The third kappa shape index (κ3) is 5.97. The van der Waals surface area contributed by atoms with Crippen LogP contribution >= 0.6 is 0 Å². The number of carbonyl (C=O) groups is 1. The molecule has 1 aromatic rings. The summed E-state index contributed by atoms with van der Waals surface area (Å²) in [4.78, 5) is 32.8. The van der Waals surface area contributed by atoms with Crippen LogP contribution in [0.4, 0.5) is 17.5 Å². The van der Waals surface area contributed by atoms with E-state index in [1.165, 1.54) is 0 Å². The van der Waals surface area contributed by atoms with Crippen LogP contribution in [0.25, 0.3) is 0 Å². The second-order valence-corrected chi connectivity index (χ2v) is 7.84. The molecule has 1 atom stereocenters.